The van der Waals surface area contributed by atoms with Crippen molar-refractivity contribution in [2.24, 2.45) is 52.7 Å². The number of carbonyl (C=O) groups excluding carboxylic acids is 10. The zero-order valence-corrected chi connectivity index (χ0v) is 71.2. The number of ketones is 6. The highest BCUT2D eigenvalue weighted by atomic mass is 16.4. The summed E-state index contributed by atoms with van der Waals surface area (Å²) >= 11 is 0. The number of primary amides is 3. The number of phenolic OH excluding ortho intramolecular Hbond substituents is 3. The second-order valence-corrected chi connectivity index (χ2v) is 34.5. The number of nitriles is 1. The summed E-state index contributed by atoms with van der Waals surface area (Å²) in [5, 5.41) is 153. The van der Waals surface area contributed by atoms with Crippen LogP contribution >= 0.6 is 0 Å². The number of phenols is 3. The molecule has 21 N–H and O–H groups in total. The fourth-order valence-corrected chi connectivity index (χ4v) is 20.6. The topological polar surface area (TPSA) is 574 Å². The molecule has 12 atom stereocenters. The normalized spacial score (nSPS) is 24.8. The summed E-state index contributed by atoms with van der Waals surface area (Å²) in [4.78, 5) is 135. The first-order chi connectivity index (χ1) is 61.7. The molecule has 670 valence electrons. The maximum absolute atomic E-state index is 14.0. The number of furan rings is 1. The maximum Gasteiger partial charge on any atom is 0.291 e. The van der Waals surface area contributed by atoms with Crippen molar-refractivity contribution in [3.8, 4) is 56.7 Å². The molecule has 9 aliphatic carbocycles. The number of likely N-dealkylation sites (N-methyl/N-ethyl adjacent to an activating group) is 3. The predicted molar refractivity (Wildman–Crippen MR) is 471 cm³/mol. The lowest BCUT2D eigenvalue weighted by Crippen LogP contribution is -2.65. The van der Waals surface area contributed by atoms with Crippen molar-refractivity contribution in [2.75, 3.05) is 59.5 Å². The number of anilines is 2. The number of fused-ring (bicyclic) bond motifs is 9. The van der Waals surface area contributed by atoms with Crippen molar-refractivity contribution >= 4 is 87.0 Å². The van der Waals surface area contributed by atoms with Gasteiger partial charge in [-0.3, -0.25) is 62.6 Å². The van der Waals surface area contributed by atoms with Gasteiger partial charge in [0, 0.05) is 71.9 Å². The Morgan fingerprint density at radius 2 is 0.777 bits per heavy atom. The Kier molecular flexibility index (Phi) is 23.9. The molecule has 4 amide bonds. The summed E-state index contributed by atoms with van der Waals surface area (Å²) in [6, 6.07) is 43.4. The Hall–Kier alpha value is -14.6. The number of Topliss-reactive ketones (excluding diaryl/α,β-unsaturated/α-hetero) is 6. The van der Waals surface area contributed by atoms with Gasteiger partial charge in [-0.2, -0.15) is 5.26 Å². The first kappa shape index (κ1) is 90.2. The molecule has 0 bridgehead atoms. The van der Waals surface area contributed by atoms with E-state index < -0.39 is 180 Å². The minimum absolute atomic E-state index is 0.00557. The van der Waals surface area contributed by atoms with Crippen molar-refractivity contribution in [1.82, 2.24) is 20.0 Å². The fourth-order valence-electron chi connectivity index (χ4n) is 20.6. The molecule has 0 saturated heterocycles. The van der Waals surface area contributed by atoms with Crippen molar-refractivity contribution < 1.29 is 114 Å². The second-order valence-electron chi connectivity index (χ2n) is 34.5. The molecule has 0 spiro atoms. The number of nitrogens with zero attached hydrogens (tertiary/aromatic N) is 4. The Bertz CT molecular complexity index is 6380. The summed E-state index contributed by atoms with van der Waals surface area (Å²) in [5.41, 5.74) is 14.8. The molecule has 1 unspecified atom stereocenters. The molecular formula is C97H94N10O23. The van der Waals surface area contributed by atoms with Gasteiger partial charge in [-0.05, 0) is 214 Å². The van der Waals surface area contributed by atoms with Crippen LogP contribution in [0.2, 0.25) is 0 Å². The zero-order chi connectivity index (χ0) is 93.7. The predicted octanol–water partition coefficient (Wildman–Crippen LogP) is 7.35. The third-order valence-electron chi connectivity index (χ3n) is 26.6. The number of carbonyl (C=O) groups is 10. The van der Waals surface area contributed by atoms with Gasteiger partial charge >= 0.3 is 0 Å². The number of benzene rings is 7. The van der Waals surface area contributed by atoms with Crippen LogP contribution < -0.4 is 33.2 Å². The molecule has 0 radical (unpaired) electrons. The molecule has 3 fully saturated rings. The van der Waals surface area contributed by atoms with E-state index in [0.717, 1.165) is 39.1 Å². The van der Waals surface area contributed by atoms with Crippen molar-refractivity contribution in [1.29, 1.82) is 5.26 Å². The summed E-state index contributed by atoms with van der Waals surface area (Å²) in [6.45, 7) is 1.77. The van der Waals surface area contributed by atoms with E-state index >= 15 is 0 Å². The Labute approximate surface area is 743 Å². The number of aliphatic hydroxyl groups is 9. The van der Waals surface area contributed by atoms with Crippen LogP contribution in [-0.4, -0.2) is 218 Å². The number of aliphatic hydroxyl groups excluding tert-OH is 6. The number of para-hydroxylation sites is 1. The van der Waals surface area contributed by atoms with Gasteiger partial charge in [-0.25, -0.2) is 0 Å². The van der Waals surface area contributed by atoms with Crippen LogP contribution in [0.4, 0.5) is 11.4 Å². The minimum Gasteiger partial charge on any atom is -0.508 e. The molecule has 17 rings (SSSR count). The Morgan fingerprint density at radius 3 is 1.09 bits per heavy atom. The number of hydrogen-bond acceptors (Lipinski definition) is 29. The number of amides is 4. The van der Waals surface area contributed by atoms with E-state index in [1.807, 2.05) is 78.9 Å². The lowest BCUT2D eigenvalue weighted by Gasteiger charge is -2.50. The van der Waals surface area contributed by atoms with E-state index in [0.29, 0.717) is 59.6 Å². The molecule has 33 heteroatoms. The number of aromatic hydroxyl groups is 3. The second kappa shape index (κ2) is 34.5. The van der Waals surface area contributed by atoms with E-state index in [1.54, 1.807) is 90.8 Å². The lowest BCUT2D eigenvalue weighted by atomic mass is 9.57. The molecule has 1 heterocycles. The van der Waals surface area contributed by atoms with Crippen LogP contribution in [0.25, 0.3) is 50.7 Å². The summed E-state index contributed by atoms with van der Waals surface area (Å²) in [7, 11) is 9.36. The molecule has 8 aromatic rings. The van der Waals surface area contributed by atoms with Crippen LogP contribution in [0.3, 0.4) is 0 Å². The van der Waals surface area contributed by atoms with Crippen LogP contribution in [0, 0.1) is 46.8 Å². The molecular weight excluding hydrogens is 1670 g/mol. The Morgan fingerprint density at radius 1 is 0.438 bits per heavy atom. The zero-order valence-electron chi connectivity index (χ0n) is 71.2. The van der Waals surface area contributed by atoms with Gasteiger partial charge in [0.05, 0.1) is 47.1 Å². The van der Waals surface area contributed by atoms with Crippen LogP contribution in [0.1, 0.15) is 80.7 Å². The quantitative estimate of drug-likeness (QED) is 0.0295. The molecule has 9 aliphatic rings. The highest BCUT2D eigenvalue weighted by Crippen LogP contribution is 2.58. The molecule has 3 saturated carbocycles. The van der Waals surface area contributed by atoms with E-state index in [4.69, 9.17) is 26.9 Å². The van der Waals surface area contributed by atoms with Gasteiger partial charge < -0.3 is 98.8 Å². The number of rotatable bonds is 18. The van der Waals surface area contributed by atoms with Gasteiger partial charge in [0.15, 0.2) is 39.9 Å². The highest BCUT2D eigenvalue weighted by molar-refractivity contribution is 6.27. The van der Waals surface area contributed by atoms with E-state index in [2.05, 4.69) is 22.0 Å². The molecule has 33 nitrogen and oxygen atoms in total. The largest absolute Gasteiger partial charge is 0.508 e. The van der Waals surface area contributed by atoms with Crippen LogP contribution in [0.5, 0.6) is 17.2 Å². The van der Waals surface area contributed by atoms with Gasteiger partial charge in [-0.1, -0.05) is 97.1 Å². The highest BCUT2D eigenvalue weighted by Gasteiger charge is 2.68. The van der Waals surface area contributed by atoms with Crippen molar-refractivity contribution in [2.45, 2.75) is 93.0 Å². The molecule has 1 aromatic heterocycles. The van der Waals surface area contributed by atoms with Gasteiger partial charge in [0.2, 0.25) is 17.3 Å². The first-order valence-corrected chi connectivity index (χ1v) is 41.7. The third-order valence-corrected chi connectivity index (χ3v) is 26.6. The molecule has 130 heavy (non-hydrogen) atoms. The average Bonchev–Trinajstić information content (AvgIpc) is 0.720. The van der Waals surface area contributed by atoms with Crippen molar-refractivity contribution in [3.05, 3.63) is 259 Å². The van der Waals surface area contributed by atoms with Crippen molar-refractivity contribution in [3.63, 3.8) is 0 Å². The molecule has 7 aromatic carbocycles. The third kappa shape index (κ3) is 14.9. The van der Waals surface area contributed by atoms with Gasteiger partial charge in [0.25, 0.3) is 23.6 Å². The lowest BCUT2D eigenvalue weighted by molar-refractivity contribution is -0.155. The van der Waals surface area contributed by atoms with Crippen LogP contribution in [-0.2, 0) is 75.5 Å². The van der Waals surface area contributed by atoms with E-state index in [1.165, 1.54) is 45.2 Å². The number of nitrogens with two attached hydrogens (primary N) is 3. The smallest absolute Gasteiger partial charge is 0.291 e. The number of hydrogen-bond donors (Lipinski definition) is 18. The summed E-state index contributed by atoms with van der Waals surface area (Å²) in [5.74, 6) is -20.8. The summed E-state index contributed by atoms with van der Waals surface area (Å²) in [6.07, 6.45) is 2.41. The maximum atomic E-state index is 14.0. The number of nitrogens with one attached hydrogen (secondary N) is 3. The van der Waals surface area contributed by atoms with Crippen LogP contribution in [0.15, 0.2) is 213 Å². The fraction of sp³-hybridized carbons (Fsp3) is 0.289. The molecule has 0 aliphatic heterocycles. The van der Waals surface area contributed by atoms with E-state index in [9.17, 15) is 109 Å². The summed E-state index contributed by atoms with van der Waals surface area (Å²) < 4.78 is 5.12. The Balaban J connectivity index is 0.000000150. The first-order valence-electron chi connectivity index (χ1n) is 41.7. The van der Waals surface area contributed by atoms with E-state index in [-0.39, 0.29) is 94.9 Å². The average molecular weight is 1770 g/mol. The monoisotopic (exact) mass is 1770 g/mol. The minimum atomic E-state index is -2.70. The SMILES string of the molecule is CN(C)C1C(=O)C(C(N)=O)=C(O)[C@@]2(O)C(=O)C3=C(O)c4c(O)ccc(-c5ccc(CNCCC#N)cc5)c4C[C@H]3C[C@@H]12.CN(C)[C@@H]1C(=O)C(C(N)=O)=C(O)[C@@]2(O)C(=O)C3=C(O)c4c(O)ccc(-c5ccc(CNc6ccccc6)cc5)c4C[C@H]3C[C@@H]12.CN(C)[C@@H]1C(=O)C(C(N)=O)=C(O)[C@@]2(O)C(=O)C3=C(O)c4c(O)ccc(-c5ccc(NC(=O)c6ccco6)cc5)c4C[C@H]3C[C@@H]12. The standard InChI is InChI=1S/C34H33N3O7.C32H29N3O9.C31H32N4O7/c1-37(2)28-23-15-19-14-22-21(18-10-8-17(9-11-18)16-36-20-6-4-3-5-7-20)12-13-24(38)26(22)29(39)25(19)31(41)34(23,44)32(42)27(30(28)40)33(35)43;1-35(2)25-19-13-15-12-18-17(14-5-7-16(8-6-14)34-31(42)21-4-3-11-44-21)9-10-20(36)23(18)26(37)22(15)28(39)32(19,43)29(40)24(27(25)38)30(33)41;1-35(2)25-20-13-17-12-19-18(16-6-4-15(5-7-16)14-34-11-3-10-32)8-9-21(36)23(19)26(37)22(17)28(39)31(20,42)29(40)24(27(25)38)30(33)41/h3-13,19,23,28,36,38-39,42,44H,14-16H2,1-2H3,(H2,35,43);3-11,15,19,25,36-37,40,43H,12-13H2,1-2H3,(H2,33,41)(H,34,42);4-9,17,20,25,34,36-37,40,42H,3,11-14H2,1-2H3,(H2,33,41)/t19-,23-,28-,34-;15-,19-,25-,32-;17-,20-,25?,31-/m000/s1. The van der Waals surface area contributed by atoms with Gasteiger partial charge in [0.1, 0.15) is 68.5 Å². The van der Waals surface area contributed by atoms with Gasteiger partial charge in [-0.15, -0.1) is 0 Å².